The molecular formula is C10H11F3N2O3. The topological polar surface area (TPSA) is 84.6 Å². The summed E-state index contributed by atoms with van der Waals surface area (Å²) in [5.74, 6) is -1.17. The minimum absolute atomic E-state index is 0.0886. The Morgan fingerprint density at radius 2 is 2.17 bits per heavy atom. The minimum Gasteiger partial charge on any atom is -0.406 e. The average Bonchev–Trinajstić information content (AvgIpc) is 2.26. The first-order valence-electron chi connectivity index (χ1n) is 4.85. The number of halogens is 3. The van der Waals surface area contributed by atoms with Crippen molar-refractivity contribution in [3.05, 3.63) is 24.3 Å². The second-order valence-electron chi connectivity index (χ2n) is 3.35. The molecule has 0 heterocycles. The van der Waals surface area contributed by atoms with Gasteiger partial charge in [-0.1, -0.05) is 6.07 Å². The van der Waals surface area contributed by atoms with Gasteiger partial charge >= 0.3 is 6.36 Å². The molecule has 0 bridgehead atoms. The summed E-state index contributed by atoms with van der Waals surface area (Å²) < 4.78 is 39.5. The molecule has 0 aliphatic carbocycles. The Morgan fingerprint density at radius 3 is 2.72 bits per heavy atom. The van der Waals surface area contributed by atoms with Crippen LogP contribution >= 0.6 is 0 Å². The standard InChI is InChI=1S/C10H11F3N2O3/c11-10(12,13)18-7-3-1-2-6(4-7)15-9(17)8(14)5-16/h1-4,8,16H,5,14H2,(H,15,17). The Labute approximate surface area is 100 Å². The third kappa shape index (κ3) is 4.60. The third-order valence-electron chi connectivity index (χ3n) is 1.87. The molecule has 1 atom stereocenters. The highest BCUT2D eigenvalue weighted by atomic mass is 19.4. The fourth-order valence-corrected chi connectivity index (χ4v) is 1.09. The number of hydrogen-bond acceptors (Lipinski definition) is 4. The van der Waals surface area contributed by atoms with Gasteiger partial charge in [-0.3, -0.25) is 4.79 Å². The Morgan fingerprint density at radius 1 is 1.50 bits per heavy atom. The van der Waals surface area contributed by atoms with Crippen molar-refractivity contribution < 1.29 is 27.8 Å². The third-order valence-corrected chi connectivity index (χ3v) is 1.87. The van der Waals surface area contributed by atoms with E-state index in [-0.39, 0.29) is 5.69 Å². The molecule has 0 saturated carbocycles. The van der Waals surface area contributed by atoms with Gasteiger partial charge in [0.2, 0.25) is 5.91 Å². The van der Waals surface area contributed by atoms with Gasteiger partial charge in [0.15, 0.2) is 0 Å². The van der Waals surface area contributed by atoms with Crippen molar-refractivity contribution in [2.24, 2.45) is 5.73 Å². The molecule has 1 unspecified atom stereocenters. The fraction of sp³-hybridized carbons (Fsp3) is 0.300. The molecule has 100 valence electrons. The van der Waals surface area contributed by atoms with Gasteiger partial charge in [0, 0.05) is 11.8 Å². The molecule has 8 heteroatoms. The van der Waals surface area contributed by atoms with Gasteiger partial charge in [0.05, 0.1) is 6.61 Å². The van der Waals surface area contributed by atoms with Crippen LogP contribution in [0, 0.1) is 0 Å². The Balaban J connectivity index is 2.74. The molecule has 0 radical (unpaired) electrons. The van der Waals surface area contributed by atoms with E-state index in [1.165, 1.54) is 12.1 Å². The quantitative estimate of drug-likeness (QED) is 0.752. The van der Waals surface area contributed by atoms with Crippen molar-refractivity contribution in [2.45, 2.75) is 12.4 Å². The highest BCUT2D eigenvalue weighted by Crippen LogP contribution is 2.24. The first-order valence-corrected chi connectivity index (χ1v) is 4.85. The van der Waals surface area contributed by atoms with E-state index in [0.717, 1.165) is 12.1 Å². The van der Waals surface area contributed by atoms with Crippen molar-refractivity contribution in [3.8, 4) is 5.75 Å². The summed E-state index contributed by atoms with van der Waals surface area (Å²) in [6.45, 7) is -0.565. The summed E-state index contributed by atoms with van der Waals surface area (Å²) in [4.78, 5) is 11.3. The van der Waals surface area contributed by atoms with Crippen molar-refractivity contribution in [1.29, 1.82) is 0 Å². The predicted octanol–water partition coefficient (Wildman–Crippen LogP) is 0.843. The van der Waals surface area contributed by atoms with E-state index in [1.807, 2.05) is 0 Å². The molecule has 0 aliphatic heterocycles. The monoisotopic (exact) mass is 264 g/mol. The number of amides is 1. The Kier molecular flexibility index (Phi) is 4.51. The van der Waals surface area contributed by atoms with E-state index in [4.69, 9.17) is 10.8 Å². The van der Waals surface area contributed by atoms with E-state index in [2.05, 4.69) is 10.1 Å². The number of rotatable bonds is 4. The molecule has 1 aromatic carbocycles. The molecule has 5 nitrogen and oxygen atoms in total. The zero-order chi connectivity index (χ0) is 13.8. The zero-order valence-electron chi connectivity index (χ0n) is 9.07. The second kappa shape index (κ2) is 5.69. The first kappa shape index (κ1) is 14.3. The van der Waals surface area contributed by atoms with Crippen LogP contribution in [0.15, 0.2) is 24.3 Å². The zero-order valence-corrected chi connectivity index (χ0v) is 9.07. The lowest BCUT2D eigenvalue weighted by atomic mass is 10.2. The van der Waals surface area contributed by atoms with Gasteiger partial charge in [0.1, 0.15) is 11.8 Å². The summed E-state index contributed by atoms with van der Waals surface area (Å²) in [5, 5.41) is 10.9. The summed E-state index contributed by atoms with van der Waals surface area (Å²) in [6, 6.07) is 3.59. The van der Waals surface area contributed by atoms with Gasteiger partial charge in [0.25, 0.3) is 0 Å². The molecule has 0 aromatic heterocycles. The lowest BCUT2D eigenvalue weighted by molar-refractivity contribution is -0.274. The van der Waals surface area contributed by atoms with Gasteiger partial charge < -0.3 is 20.9 Å². The molecule has 18 heavy (non-hydrogen) atoms. The highest BCUT2D eigenvalue weighted by molar-refractivity contribution is 5.94. The minimum atomic E-state index is -4.80. The Hall–Kier alpha value is -1.80. The fourth-order valence-electron chi connectivity index (χ4n) is 1.09. The smallest absolute Gasteiger partial charge is 0.406 e. The number of aliphatic hydroxyl groups excluding tert-OH is 1. The number of anilines is 1. The number of aliphatic hydroxyl groups is 1. The number of benzene rings is 1. The molecule has 4 N–H and O–H groups in total. The maximum atomic E-state index is 12.0. The molecule has 1 amide bonds. The molecule has 0 fully saturated rings. The summed E-state index contributed by atoms with van der Waals surface area (Å²) in [5.41, 5.74) is 5.32. The lowest BCUT2D eigenvalue weighted by Gasteiger charge is -2.12. The maximum Gasteiger partial charge on any atom is 0.573 e. The molecule has 1 aromatic rings. The first-order chi connectivity index (χ1) is 8.31. The predicted molar refractivity (Wildman–Crippen MR) is 56.8 cm³/mol. The van der Waals surface area contributed by atoms with Crippen molar-refractivity contribution in [2.75, 3.05) is 11.9 Å². The largest absolute Gasteiger partial charge is 0.573 e. The van der Waals surface area contributed by atoms with E-state index in [1.54, 1.807) is 0 Å². The van der Waals surface area contributed by atoms with Gasteiger partial charge in [-0.05, 0) is 12.1 Å². The van der Waals surface area contributed by atoms with E-state index >= 15 is 0 Å². The van der Waals surface area contributed by atoms with Gasteiger partial charge in [-0.25, -0.2) is 0 Å². The van der Waals surface area contributed by atoms with E-state index in [0.29, 0.717) is 0 Å². The van der Waals surface area contributed by atoms with Crippen molar-refractivity contribution >= 4 is 11.6 Å². The van der Waals surface area contributed by atoms with E-state index < -0.39 is 30.7 Å². The van der Waals surface area contributed by atoms with Crippen LogP contribution in [0.3, 0.4) is 0 Å². The molecule has 0 saturated heterocycles. The number of nitrogens with two attached hydrogens (primary N) is 1. The number of carbonyl (C=O) groups is 1. The second-order valence-corrected chi connectivity index (χ2v) is 3.35. The highest BCUT2D eigenvalue weighted by Gasteiger charge is 2.31. The maximum absolute atomic E-state index is 12.0. The van der Waals surface area contributed by atoms with Crippen molar-refractivity contribution in [3.63, 3.8) is 0 Å². The lowest BCUT2D eigenvalue weighted by Crippen LogP contribution is -2.38. The van der Waals surface area contributed by atoms with Crippen LogP contribution < -0.4 is 15.8 Å². The van der Waals surface area contributed by atoms with Crippen LogP contribution in [0.1, 0.15) is 0 Å². The summed E-state index contributed by atoms with van der Waals surface area (Å²) >= 11 is 0. The van der Waals surface area contributed by atoms with E-state index in [9.17, 15) is 18.0 Å². The number of hydrogen-bond donors (Lipinski definition) is 3. The number of alkyl halides is 3. The van der Waals surface area contributed by atoms with Gasteiger partial charge in [-0.15, -0.1) is 13.2 Å². The molecule has 0 spiro atoms. The molecule has 0 aliphatic rings. The number of carbonyl (C=O) groups excluding carboxylic acids is 1. The molecule has 1 rings (SSSR count). The van der Waals surface area contributed by atoms with Crippen LogP contribution in [0.4, 0.5) is 18.9 Å². The average molecular weight is 264 g/mol. The molecular weight excluding hydrogens is 253 g/mol. The van der Waals surface area contributed by atoms with Crippen LogP contribution in [0.5, 0.6) is 5.75 Å². The SMILES string of the molecule is NC(CO)C(=O)Nc1cccc(OC(F)(F)F)c1. The summed E-state index contributed by atoms with van der Waals surface area (Å²) in [6.07, 6.45) is -4.80. The van der Waals surface area contributed by atoms with Crippen LogP contribution in [-0.4, -0.2) is 30.0 Å². The van der Waals surface area contributed by atoms with Crippen LogP contribution in [0.2, 0.25) is 0 Å². The van der Waals surface area contributed by atoms with Crippen LogP contribution in [0.25, 0.3) is 0 Å². The Bertz CT molecular complexity index is 423. The number of ether oxygens (including phenoxy) is 1. The van der Waals surface area contributed by atoms with Gasteiger partial charge in [-0.2, -0.15) is 0 Å². The number of nitrogens with one attached hydrogen (secondary N) is 1. The summed E-state index contributed by atoms with van der Waals surface area (Å²) in [7, 11) is 0. The van der Waals surface area contributed by atoms with Crippen LogP contribution in [-0.2, 0) is 4.79 Å². The van der Waals surface area contributed by atoms with Crippen molar-refractivity contribution in [1.82, 2.24) is 0 Å². The normalized spacial score (nSPS) is 12.9.